The van der Waals surface area contributed by atoms with Gasteiger partial charge in [-0.3, -0.25) is 10.1 Å². The van der Waals surface area contributed by atoms with Crippen LogP contribution in [0.15, 0.2) is 41.3 Å². The van der Waals surface area contributed by atoms with E-state index in [0.717, 1.165) is 15.8 Å². The summed E-state index contributed by atoms with van der Waals surface area (Å²) in [7, 11) is -1.10. The number of rotatable bonds is 5. The summed E-state index contributed by atoms with van der Waals surface area (Å²) in [5.41, 5.74) is 2.04. The summed E-state index contributed by atoms with van der Waals surface area (Å²) in [6, 6.07) is 10.0. The Hall–Kier alpha value is -2.49. The largest absolute Gasteiger partial charge is 0.495 e. The molecule has 0 fully saturated rings. The lowest BCUT2D eigenvalue weighted by atomic mass is 10.2. The van der Waals surface area contributed by atoms with Crippen molar-refractivity contribution in [2.45, 2.75) is 11.8 Å². The lowest BCUT2D eigenvalue weighted by Gasteiger charge is -2.10. The molecule has 0 aliphatic heterocycles. The van der Waals surface area contributed by atoms with Gasteiger partial charge in [0.25, 0.3) is 5.91 Å². The third-order valence-corrected chi connectivity index (χ3v) is 6.20. The zero-order chi connectivity index (χ0) is 18.9. The van der Waals surface area contributed by atoms with Gasteiger partial charge in [0.05, 0.1) is 17.3 Å². The molecule has 0 saturated carbocycles. The number of hydrogen-bond donors (Lipinski definition) is 2. The summed E-state index contributed by atoms with van der Waals surface area (Å²) in [5.74, 6) is -0.288. The molecule has 1 heterocycles. The van der Waals surface area contributed by atoms with E-state index in [0.29, 0.717) is 5.13 Å². The Morgan fingerprint density at radius 1 is 1.23 bits per heavy atom. The highest BCUT2D eigenvalue weighted by Crippen LogP contribution is 2.29. The SMILES string of the molecule is CNS(=O)(=O)c1cc(C(=O)Nc2nc3c(C)cccc3s2)ccc1OC. The van der Waals surface area contributed by atoms with Crippen LogP contribution in [0.25, 0.3) is 10.2 Å². The Morgan fingerprint density at radius 2 is 2.00 bits per heavy atom. The number of carbonyl (C=O) groups is 1. The summed E-state index contributed by atoms with van der Waals surface area (Å²) in [5, 5.41) is 3.17. The molecule has 3 aromatic rings. The molecule has 26 heavy (non-hydrogen) atoms. The minimum Gasteiger partial charge on any atom is -0.495 e. The number of ether oxygens (including phenoxy) is 1. The average molecular weight is 391 g/mol. The highest BCUT2D eigenvalue weighted by molar-refractivity contribution is 7.89. The maximum absolute atomic E-state index is 12.5. The van der Waals surface area contributed by atoms with Gasteiger partial charge in [0, 0.05) is 5.56 Å². The van der Waals surface area contributed by atoms with E-state index in [4.69, 9.17) is 4.74 Å². The third kappa shape index (κ3) is 3.41. The summed E-state index contributed by atoms with van der Waals surface area (Å²) in [6.07, 6.45) is 0. The second-order valence-electron chi connectivity index (χ2n) is 5.47. The van der Waals surface area contributed by atoms with Crippen molar-refractivity contribution in [1.29, 1.82) is 0 Å². The molecule has 0 aliphatic rings. The normalized spacial score (nSPS) is 11.5. The maximum atomic E-state index is 12.5. The van der Waals surface area contributed by atoms with E-state index in [-0.39, 0.29) is 16.2 Å². The van der Waals surface area contributed by atoms with Gasteiger partial charge in [-0.2, -0.15) is 0 Å². The van der Waals surface area contributed by atoms with Gasteiger partial charge in [-0.15, -0.1) is 0 Å². The Morgan fingerprint density at radius 3 is 2.65 bits per heavy atom. The first-order valence-electron chi connectivity index (χ1n) is 7.65. The number of nitrogens with zero attached hydrogens (tertiary/aromatic N) is 1. The van der Waals surface area contributed by atoms with Crippen molar-refractivity contribution in [2.24, 2.45) is 0 Å². The minimum atomic E-state index is -3.76. The van der Waals surface area contributed by atoms with Gasteiger partial charge in [-0.1, -0.05) is 23.5 Å². The van der Waals surface area contributed by atoms with Crippen molar-refractivity contribution in [3.05, 3.63) is 47.5 Å². The number of benzene rings is 2. The zero-order valence-corrected chi connectivity index (χ0v) is 16.0. The van der Waals surface area contributed by atoms with Crippen molar-refractivity contribution in [3.8, 4) is 5.75 Å². The van der Waals surface area contributed by atoms with Gasteiger partial charge in [0.1, 0.15) is 10.6 Å². The number of para-hydroxylation sites is 1. The number of aryl methyl sites for hydroxylation is 1. The number of nitrogens with one attached hydrogen (secondary N) is 2. The Labute approximate surface area is 155 Å². The fourth-order valence-corrected chi connectivity index (χ4v) is 4.30. The van der Waals surface area contributed by atoms with Crippen LogP contribution in [0.1, 0.15) is 15.9 Å². The van der Waals surface area contributed by atoms with Crippen molar-refractivity contribution < 1.29 is 17.9 Å². The number of carbonyl (C=O) groups excluding carboxylic acids is 1. The molecule has 3 rings (SSSR count). The molecule has 1 aromatic heterocycles. The molecule has 0 atom stereocenters. The maximum Gasteiger partial charge on any atom is 0.257 e. The van der Waals surface area contributed by atoms with Gasteiger partial charge in [-0.05, 0) is 43.8 Å². The number of thiazole rings is 1. The number of fused-ring (bicyclic) bond motifs is 1. The third-order valence-electron chi connectivity index (χ3n) is 3.83. The molecule has 0 radical (unpaired) electrons. The van der Waals surface area contributed by atoms with Crippen LogP contribution in [0.2, 0.25) is 0 Å². The Balaban J connectivity index is 1.94. The molecule has 0 spiro atoms. The van der Waals surface area contributed by atoms with E-state index in [1.807, 2.05) is 25.1 Å². The summed E-state index contributed by atoms with van der Waals surface area (Å²) in [6.45, 7) is 1.95. The number of sulfonamides is 1. The lowest BCUT2D eigenvalue weighted by molar-refractivity contribution is 0.102. The number of aromatic nitrogens is 1. The quantitative estimate of drug-likeness (QED) is 0.697. The Bertz CT molecular complexity index is 1090. The fourth-order valence-electron chi connectivity index (χ4n) is 2.45. The molecule has 0 bridgehead atoms. The van der Waals surface area contributed by atoms with E-state index in [1.54, 1.807) is 0 Å². The van der Waals surface area contributed by atoms with Crippen molar-refractivity contribution in [3.63, 3.8) is 0 Å². The van der Waals surface area contributed by atoms with Crippen LogP contribution in [0.3, 0.4) is 0 Å². The summed E-state index contributed by atoms with van der Waals surface area (Å²) in [4.78, 5) is 16.9. The molecule has 136 valence electrons. The van der Waals surface area contributed by atoms with E-state index >= 15 is 0 Å². The van der Waals surface area contributed by atoms with Gasteiger partial charge >= 0.3 is 0 Å². The number of methoxy groups -OCH3 is 1. The molecule has 0 saturated heterocycles. The van der Waals surface area contributed by atoms with Crippen LogP contribution in [0, 0.1) is 6.92 Å². The summed E-state index contributed by atoms with van der Waals surface area (Å²) >= 11 is 1.36. The topological polar surface area (TPSA) is 97.4 Å². The minimum absolute atomic E-state index is 0.102. The molecule has 7 nitrogen and oxygen atoms in total. The van der Waals surface area contributed by atoms with Crippen LogP contribution < -0.4 is 14.8 Å². The second-order valence-corrected chi connectivity index (χ2v) is 8.35. The highest BCUT2D eigenvalue weighted by atomic mass is 32.2. The van der Waals surface area contributed by atoms with Crippen molar-refractivity contribution >= 4 is 42.6 Å². The first-order valence-corrected chi connectivity index (χ1v) is 9.95. The number of amides is 1. The van der Waals surface area contributed by atoms with Crippen LogP contribution in [-0.2, 0) is 10.0 Å². The predicted octanol–water partition coefficient (Wildman–Crippen LogP) is 2.77. The first-order chi connectivity index (χ1) is 12.4. The molecule has 1 amide bonds. The molecular formula is C17H17N3O4S2. The van der Waals surface area contributed by atoms with Crippen molar-refractivity contribution in [2.75, 3.05) is 19.5 Å². The van der Waals surface area contributed by atoms with E-state index < -0.39 is 15.9 Å². The first kappa shape index (κ1) is 18.3. The molecular weight excluding hydrogens is 374 g/mol. The highest BCUT2D eigenvalue weighted by Gasteiger charge is 2.20. The van der Waals surface area contributed by atoms with Crippen LogP contribution in [0.4, 0.5) is 5.13 Å². The molecule has 0 unspecified atom stereocenters. The van der Waals surface area contributed by atoms with Crippen molar-refractivity contribution in [1.82, 2.24) is 9.71 Å². The Kier molecular flexibility index (Phi) is 4.94. The molecule has 0 aliphatic carbocycles. The fraction of sp³-hybridized carbons (Fsp3) is 0.176. The van der Waals surface area contributed by atoms with E-state index in [9.17, 15) is 13.2 Å². The molecule has 2 N–H and O–H groups in total. The predicted molar refractivity (Wildman–Crippen MR) is 102 cm³/mol. The summed E-state index contributed by atoms with van der Waals surface area (Å²) < 4.78 is 32.5. The number of hydrogen-bond acceptors (Lipinski definition) is 6. The molecule has 2 aromatic carbocycles. The van der Waals surface area contributed by atoms with Crippen LogP contribution in [0.5, 0.6) is 5.75 Å². The molecule has 9 heteroatoms. The average Bonchev–Trinajstić information content (AvgIpc) is 3.05. The lowest BCUT2D eigenvalue weighted by Crippen LogP contribution is -2.20. The second kappa shape index (κ2) is 7.02. The van der Waals surface area contributed by atoms with Gasteiger partial charge < -0.3 is 4.74 Å². The van der Waals surface area contributed by atoms with Crippen LogP contribution in [-0.4, -0.2) is 33.5 Å². The zero-order valence-electron chi connectivity index (χ0n) is 14.4. The van der Waals surface area contributed by atoms with E-state index in [2.05, 4.69) is 15.0 Å². The standard InChI is InChI=1S/C17H17N3O4S2/c1-10-5-4-6-13-15(10)19-17(25-13)20-16(21)11-7-8-12(24-3)14(9-11)26(22,23)18-2/h4-9,18H,1-3H3,(H,19,20,21). The van der Waals surface area contributed by atoms with Gasteiger partial charge in [0.2, 0.25) is 10.0 Å². The van der Waals surface area contributed by atoms with Gasteiger partial charge in [0.15, 0.2) is 5.13 Å². The monoisotopic (exact) mass is 391 g/mol. The van der Waals surface area contributed by atoms with Gasteiger partial charge in [-0.25, -0.2) is 18.1 Å². The number of anilines is 1. The smallest absolute Gasteiger partial charge is 0.257 e. The van der Waals surface area contributed by atoms with Crippen LogP contribution >= 0.6 is 11.3 Å². The van der Waals surface area contributed by atoms with E-state index in [1.165, 1.54) is 43.7 Å².